The number of alkyl halides is 1. The van der Waals surface area contributed by atoms with Crippen LogP contribution in [0.25, 0.3) is 0 Å². The van der Waals surface area contributed by atoms with Gasteiger partial charge in [-0.2, -0.15) is 0 Å². The highest BCUT2D eigenvalue weighted by atomic mass is 35.5. The van der Waals surface area contributed by atoms with Gasteiger partial charge in [0.05, 0.1) is 32.1 Å². The summed E-state index contributed by atoms with van der Waals surface area (Å²) < 4.78 is 1.19. The van der Waals surface area contributed by atoms with Crippen molar-refractivity contribution in [2.75, 3.05) is 32.1 Å². The second-order valence-electron chi connectivity index (χ2n) is 3.11. The predicted octanol–water partition coefficient (Wildman–Crippen LogP) is 2.49. The van der Waals surface area contributed by atoms with E-state index < -0.39 is 0 Å². The van der Waals surface area contributed by atoms with Crippen LogP contribution < -0.4 is 0 Å². The van der Waals surface area contributed by atoms with Gasteiger partial charge in [-0.15, -0.1) is 11.6 Å². The highest BCUT2D eigenvalue weighted by molar-refractivity contribution is 6.17. The molecule has 0 aromatic carbocycles. The lowest BCUT2D eigenvalue weighted by atomic mass is 10.3. The Labute approximate surface area is 75.9 Å². The van der Waals surface area contributed by atoms with Crippen LogP contribution in [0.4, 0.5) is 0 Å². The Balaban J connectivity index is 3.96. The summed E-state index contributed by atoms with van der Waals surface area (Å²) in [7, 11) is 0. The van der Waals surface area contributed by atoms with E-state index in [2.05, 4.69) is 20.8 Å². The third-order valence-corrected chi connectivity index (χ3v) is 2.77. The minimum atomic E-state index is 0.793. The standard InChI is InChI=1S/C9H21ClN/c1-4-8-11(5-2,6-3)9-7-10/h4-9H2,1-3H3/q+1. The zero-order valence-electron chi connectivity index (χ0n) is 8.07. The molecule has 0 N–H and O–H groups in total. The number of hydrogen-bond donors (Lipinski definition) is 0. The Morgan fingerprint density at radius 2 is 1.55 bits per heavy atom. The van der Waals surface area contributed by atoms with Crippen LogP contribution in [0.3, 0.4) is 0 Å². The first-order chi connectivity index (χ1) is 5.24. The molecule has 0 spiro atoms. The summed E-state index contributed by atoms with van der Waals surface area (Å²) >= 11 is 5.76. The predicted molar refractivity (Wildman–Crippen MR) is 52.1 cm³/mol. The van der Waals surface area contributed by atoms with Crippen molar-refractivity contribution in [2.24, 2.45) is 0 Å². The summed E-state index contributed by atoms with van der Waals surface area (Å²) in [5.41, 5.74) is 0. The highest BCUT2D eigenvalue weighted by Gasteiger charge is 2.20. The molecule has 0 aliphatic carbocycles. The molecule has 0 rings (SSSR count). The lowest BCUT2D eigenvalue weighted by Crippen LogP contribution is -2.49. The van der Waals surface area contributed by atoms with Gasteiger partial charge in [0, 0.05) is 0 Å². The van der Waals surface area contributed by atoms with Crippen LogP contribution in [0.1, 0.15) is 27.2 Å². The number of hydrogen-bond acceptors (Lipinski definition) is 0. The highest BCUT2D eigenvalue weighted by Crippen LogP contribution is 2.07. The van der Waals surface area contributed by atoms with E-state index in [0.717, 1.165) is 12.4 Å². The van der Waals surface area contributed by atoms with Gasteiger partial charge in [0.2, 0.25) is 0 Å². The van der Waals surface area contributed by atoms with Crippen molar-refractivity contribution in [1.82, 2.24) is 0 Å². The quantitative estimate of drug-likeness (QED) is 0.433. The first-order valence-corrected chi connectivity index (χ1v) is 5.19. The van der Waals surface area contributed by atoms with E-state index in [9.17, 15) is 0 Å². The van der Waals surface area contributed by atoms with Gasteiger partial charge in [0.25, 0.3) is 0 Å². The van der Waals surface area contributed by atoms with Crippen molar-refractivity contribution in [3.05, 3.63) is 0 Å². The Kier molecular flexibility index (Phi) is 5.98. The zero-order chi connectivity index (χ0) is 8.74. The van der Waals surface area contributed by atoms with Gasteiger partial charge in [-0.3, -0.25) is 0 Å². The van der Waals surface area contributed by atoms with Crippen LogP contribution in [-0.2, 0) is 0 Å². The number of halogens is 1. The van der Waals surface area contributed by atoms with E-state index in [1.165, 1.54) is 30.5 Å². The maximum atomic E-state index is 5.76. The lowest BCUT2D eigenvalue weighted by Gasteiger charge is -2.36. The first-order valence-electron chi connectivity index (χ1n) is 4.65. The van der Waals surface area contributed by atoms with Crippen LogP contribution in [0.15, 0.2) is 0 Å². The van der Waals surface area contributed by atoms with E-state index in [1.807, 2.05) is 0 Å². The SMILES string of the molecule is CCC[N+](CC)(CC)CCCl. The topological polar surface area (TPSA) is 0 Å². The fourth-order valence-corrected chi connectivity index (χ4v) is 1.98. The molecular formula is C9H21ClN+. The molecule has 0 aliphatic heterocycles. The summed E-state index contributed by atoms with van der Waals surface area (Å²) in [6.07, 6.45) is 1.26. The first kappa shape index (κ1) is 11.2. The molecule has 2 heteroatoms. The van der Waals surface area contributed by atoms with Crippen molar-refractivity contribution in [3.63, 3.8) is 0 Å². The van der Waals surface area contributed by atoms with Gasteiger partial charge in [0.15, 0.2) is 0 Å². The van der Waals surface area contributed by atoms with Crippen LogP contribution in [-0.4, -0.2) is 36.5 Å². The molecule has 0 heterocycles. The van der Waals surface area contributed by atoms with Gasteiger partial charge in [-0.1, -0.05) is 6.92 Å². The molecule has 0 aromatic rings. The maximum absolute atomic E-state index is 5.76. The fourth-order valence-electron chi connectivity index (χ4n) is 1.62. The molecule has 0 fully saturated rings. The van der Waals surface area contributed by atoms with Gasteiger partial charge >= 0.3 is 0 Å². The molecule has 0 amide bonds. The van der Waals surface area contributed by atoms with Gasteiger partial charge in [0.1, 0.15) is 0 Å². The Morgan fingerprint density at radius 1 is 1.00 bits per heavy atom. The Bertz CT molecular complexity index is 81.6. The monoisotopic (exact) mass is 178 g/mol. The lowest BCUT2D eigenvalue weighted by molar-refractivity contribution is -0.922. The van der Waals surface area contributed by atoms with Crippen molar-refractivity contribution in [3.8, 4) is 0 Å². The molecule has 0 radical (unpaired) electrons. The molecule has 0 aromatic heterocycles. The van der Waals surface area contributed by atoms with Crippen molar-refractivity contribution in [2.45, 2.75) is 27.2 Å². The molecule has 1 nitrogen and oxygen atoms in total. The molecule has 0 aliphatic rings. The summed E-state index contributed by atoms with van der Waals surface area (Å²) in [6, 6.07) is 0. The number of rotatable bonds is 6. The largest absolute Gasteiger partial charge is 0.323 e. The average molecular weight is 179 g/mol. The molecule has 0 saturated carbocycles. The van der Waals surface area contributed by atoms with E-state index in [-0.39, 0.29) is 0 Å². The second-order valence-corrected chi connectivity index (χ2v) is 3.49. The maximum Gasteiger partial charge on any atom is 0.0924 e. The van der Waals surface area contributed by atoms with Crippen LogP contribution >= 0.6 is 11.6 Å². The molecule has 68 valence electrons. The van der Waals surface area contributed by atoms with E-state index in [1.54, 1.807) is 0 Å². The Hall–Kier alpha value is 0.250. The third kappa shape index (κ3) is 3.44. The summed E-state index contributed by atoms with van der Waals surface area (Å²) in [5.74, 6) is 0.793. The van der Waals surface area contributed by atoms with Gasteiger partial charge in [-0.05, 0) is 20.3 Å². The summed E-state index contributed by atoms with van der Waals surface area (Å²) in [5, 5.41) is 0. The van der Waals surface area contributed by atoms with Crippen molar-refractivity contribution < 1.29 is 4.48 Å². The van der Waals surface area contributed by atoms with Crippen molar-refractivity contribution >= 4 is 11.6 Å². The molecule has 0 bridgehead atoms. The van der Waals surface area contributed by atoms with Gasteiger partial charge < -0.3 is 4.48 Å². The van der Waals surface area contributed by atoms with Crippen molar-refractivity contribution in [1.29, 1.82) is 0 Å². The minimum Gasteiger partial charge on any atom is -0.323 e. The molecule has 0 unspecified atom stereocenters. The molecular weight excluding hydrogens is 158 g/mol. The zero-order valence-corrected chi connectivity index (χ0v) is 8.82. The smallest absolute Gasteiger partial charge is 0.0924 e. The minimum absolute atomic E-state index is 0.793. The van der Waals surface area contributed by atoms with Crippen LogP contribution in [0.2, 0.25) is 0 Å². The second kappa shape index (κ2) is 5.84. The van der Waals surface area contributed by atoms with Crippen LogP contribution in [0.5, 0.6) is 0 Å². The average Bonchev–Trinajstić information content (AvgIpc) is 2.04. The number of nitrogens with zero attached hydrogens (tertiary/aromatic N) is 1. The number of quaternary nitrogens is 1. The van der Waals surface area contributed by atoms with E-state index >= 15 is 0 Å². The molecule has 11 heavy (non-hydrogen) atoms. The Morgan fingerprint density at radius 3 is 1.82 bits per heavy atom. The third-order valence-electron chi connectivity index (χ3n) is 2.60. The van der Waals surface area contributed by atoms with Gasteiger partial charge in [-0.25, -0.2) is 0 Å². The fraction of sp³-hybridized carbons (Fsp3) is 1.00. The van der Waals surface area contributed by atoms with Crippen LogP contribution in [0, 0.1) is 0 Å². The normalized spacial score (nSPS) is 12.0. The van der Waals surface area contributed by atoms with E-state index in [4.69, 9.17) is 11.6 Å². The summed E-state index contributed by atoms with van der Waals surface area (Å²) in [6.45, 7) is 11.6. The van der Waals surface area contributed by atoms with E-state index in [0.29, 0.717) is 0 Å². The molecule has 0 atom stereocenters. The summed E-state index contributed by atoms with van der Waals surface area (Å²) in [4.78, 5) is 0. The molecule has 0 saturated heterocycles.